The lowest BCUT2D eigenvalue weighted by Gasteiger charge is -2.29. The van der Waals surface area contributed by atoms with Crippen molar-refractivity contribution in [3.05, 3.63) is 63.8 Å². The van der Waals surface area contributed by atoms with E-state index in [0.717, 1.165) is 32.4 Å². The molecule has 0 spiro atoms. The summed E-state index contributed by atoms with van der Waals surface area (Å²) in [5.41, 5.74) is 1.95. The van der Waals surface area contributed by atoms with Crippen molar-refractivity contribution in [3.8, 4) is 5.75 Å². The molecule has 7 heteroatoms. The van der Waals surface area contributed by atoms with E-state index in [-0.39, 0.29) is 11.8 Å². The highest BCUT2D eigenvalue weighted by molar-refractivity contribution is 6.45. The van der Waals surface area contributed by atoms with Gasteiger partial charge in [0.1, 0.15) is 11.4 Å². The minimum Gasteiger partial charge on any atom is -0.495 e. The first-order valence-corrected chi connectivity index (χ1v) is 10.2. The van der Waals surface area contributed by atoms with Gasteiger partial charge in [0.25, 0.3) is 11.8 Å². The first-order valence-electron chi connectivity index (χ1n) is 9.48. The Morgan fingerprint density at radius 3 is 2.21 bits per heavy atom. The van der Waals surface area contributed by atoms with Crippen LogP contribution in [0.15, 0.2) is 48.2 Å². The summed E-state index contributed by atoms with van der Waals surface area (Å²) in [5.74, 6) is -0.209. The monoisotopic (exact) mass is 430 g/mol. The van der Waals surface area contributed by atoms with Crippen LogP contribution in [0.3, 0.4) is 0 Å². The molecule has 2 heterocycles. The van der Waals surface area contributed by atoms with Crippen LogP contribution in [0.5, 0.6) is 5.75 Å². The number of carbonyl (C=O) groups is 2. The highest BCUT2D eigenvalue weighted by atomic mass is 35.5. The van der Waals surface area contributed by atoms with Gasteiger partial charge in [-0.25, -0.2) is 4.90 Å². The molecule has 1 saturated heterocycles. The molecular weight excluding hydrogens is 411 g/mol. The highest BCUT2D eigenvalue weighted by Crippen LogP contribution is 2.38. The fourth-order valence-electron chi connectivity index (χ4n) is 3.83. The number of likely N-dealkylation sites (tertiary alicyclic amines) is 1. The summed E-state index contributed by atoms with van der Waals surface area (Å²) < 4.78 is 5.18. The van der Waals surface area contributed by atoms with E-state index >= 15 is 0 Å². The molecular formula is C22H20Cl2N2O3. The lowest BCUT2D eigenvalue weighted by atomic mass is 10.0. The average Bonchev–Trinajstić information content (AvgIpc) is 2.99. The third-order valence-electron chi connectivity index (χ3n) is 5.26. The minimum atomic E-state index is -0.362. The predicted octanol–water partition coefficient (Wildman–Crippen LogP) is 4.77. The molecule has 0 saturated carbocycles. The van der Waals surface area contributed by atoms with Crippen molar-refractivity contribution in [2.45, 2.75) is 19.3 Å². The molecule has 2 amide bonds. The number of hydrogen-bond acceptors (Lipinski definition) is 4. The molecule has 5 nitrogen and oxygen atoms in total. The van der Waals surface area contributed by atoms with Crippen LogP contribution in [0.2, 0.25) is 10.0 Å². The topological polar surface area (TPSA) is 49.9 Å². The normalized spacial score (nSPS) is 17.3. The van der Waals surface area contributed by atoms with Crippen LogP contribution >= 0.6 is 23.2 Å². The Labute approximate surface area is 179 Å². The molecule has 0 bridgehead atoms. The van der Waals surface area contributed by atoms with Gasteiger partial charge in [-0.1, -0.05) is 35.3 Å². The van der Waals surface area contributed by atoms with Crippen molar-refractivity contribution in [2.75, 3.05) is 25.1 Å². The Morgan fingerprint density at radius 2 is 1.59 bits per heavy atom. The Hall–Kier alpha value is -2.50. The van der Waals surface area contributed by atoms with Gasteiger partial charge in [0.15, 0.2) is 0 Å². The highest BCUT2D eigenvalue weighted by Gasteiger charge is 2.42. The van der Waals surface area contributed by atoms with Gasteiger partial charge in [-0.15, -0.1) is 0 Å². The van der Waals surface area contributed by atoms with Gasteiger partial charge >= 0.3 is 0 Å². The summed E-state index contributed by atoms with van der Waals surface area (Å²) in [7, 11) is 1.52. The number of hydrogen-bond donors (Lipinski definition) is 0. The maximum atomic E-state index is 13.4. The van der Waals surface area contributed by atoms with Crippen LogP contribution in [-0.4, -0.2) is 36.9 Å². The quantitative estimate of drug-likeness (QED) is 0.655. The fourth-order valence-corrected chi connectivity index (χ4v) is 4.21. The van der Waals surface area contributed by atoms with Gasteiger partial charge in [0.05, 0.1) is 23.4 Å². The second-order valence-electron chi connectivity index (χ2n) is 7.04. The van der Waals surface area contributed by atoms with Gasteiger partial charge in [0.2, 0.25) is 0 Å². The van der Waals surface area contributed by atoms with E-state index in [4.69, 9.17) is 27.9 Å². The Balaban J connectivity index is 1.81. The summed E-state index contributed by atoms with van der Waals surface area (Å²) in [6.07, 6.45) is 3.11. The van der Waals surface area contributed by atoms with E-state index < -0.39 is 0 Å². The van der Waals surface area contributed by atoms with Crippen LogP contribution < -0.4 is 9.64 Å². The SMILES string of the molecule is COc1ccc(N2C(=O)C(c3ccc(Cl)cc3)=C(N3CCCCC3)C2=O)cc1Cl. The zero-order chi connectivity index (χ0) is 20.5. The fraction of sp³-hybridized carbons (Fsp3) is 0.273. The molecule has 150 valence electrons. The van der Waals surface area contributed by atoms with E-state index in [1.807, 2.05) is 4.90 Å². The lowest BCUT2D eigenvalue weighted by molar-refractivity contribution is -0.120. The molecule has 2 aromatic carbocycles. The third kappa shape index (κ3) is 3.61. The molecule has 2 aliphatic heterocycles. The van der Waals surface area contributed by atoms with Gasteiger partial charge < -0.3 is 9.64 Å². The van der Waals surface area contributed by atoms with Gasteiger partial charge in [0, 0.05) is 18.1 Å². The standard InChI is InChI=1S/C22H20Cl2N2O3/c1-29-18-10-9-16(13-17(18)24)26-21(27)19(14-5-7-15(23)8-6-14)20(22(26)28)25-11-3-2-4-12-25/h5-10,13H,2-4,11-12H2,1H3. The molecule has 0 aliphatic carbocycles. The maximum absolute atomic E-state index is 13.4. The predicted molar refractivity (Wildman–Crippen MR) is 114 cm³/mol. The maximum Gasteiger partial charge on any atom is 0.282 e. The number of anilines is 1. The summed E-state index contributed by atoms with van der Waals surface area (Å²) in [4.78, 5) is 30.1. The Kier molecular flexibility index (Phi) is 5.52. The first-order chi connectivity index (χ1) is 14.0. The van der Waals surface area contributed by atoms with E-state index in [2.05, 4.69) is 0 Å². The molecule has 2 aliphatic rings. The number of ether oxygens (including phenoxy) is 1. The Bertz CT molecular complexity index is 996. The van der Waals surface area contributed by atoms with Crippen LogP contribution in [0.25, 0.3) is 5.57 Å². The number of nitrogens with zero attached hydrogens (tertiary/aromatic N) is 2. The molecule has 0 radical (unpaired) electrons. The summed E-state index contributed by atoms with van der Waals surface area (Å²) in [6, 6.07) is 11.9. The minimum absolute atomic E-state index is 0.330. The summed E-state index contributed by atoms with van der Waals surface area (Å²) >= 11 is 12.3. The van der Waals surface area contributed by atoms with Crippen LogP contribution in [0.4, 0.5) is 5.69 Å². The van der Waals surface area contributed by atoms with Crippen LogP contribution in [0, 0.1) is 0 Å². The number of benzene rings is 2. The molecule has 0 atom stereocenters. The third-order valence-corrected chi connectivity index (χ3v) is 5.81. The Morgan fingerprint density at radius 1 is 0.897 bits per heavy atom. The zero-order valence-electron chi connectivity index (χ0n) is 16.0. The summed E-state index contributed by atoms with van der Waals surface area (Å²) in [5, 5.41) is 0.912. The van der Waals surface area contributed by atoms with Gasteiger partial charge in [-0.05, 0) is 55.2 Å². The van der Waals surface area contributed by atoms with Crippen molar-refractivity contribution in [3.63, 3.8) is 0 Å². The van der Waals surface area contributed by atoms with Crippen LogP contribution in [0.1, 0.15) is 24.8 Å². The average molecular weight is 431 g/mol. The van der Waals surface area contributed by atoms with Crippen molar-refractivity contribution in [1.29, 1.82) is 0 Å². The zero-order valence-corrected chi connectivity index (χ0v) is 17.5. The first kappa shape index (κ1) is 19.8. The van der Waals surface area contributed by atoms with E-state index in [1.54, 1.807) is 42.5 Å². The van der Waals surface area contributed by atoms with Gasteiger partial charge in [-0.2, -0.15) is 0 Å². The van der Waals surface area contributed by atoms with E-state index in [0.29, 0.717) is 38.3 Å². The van der Waals surface area contributed by atoms with Crippen LogP contribution in [-0.2, 0) is 9.59 Å². The van der Waals surface area contributed by atoms with Crippen molar-refractivity contribution >= 4 is 46.3 Å². The smallest absolute Gasteiger partial charge is 0.282 e. The number of rotatable bonds is 4. The second-order valence-corrected chi connectivity index (χ2v) is 7.89. The van der Waals surface area contributed by atoms with Gasteiger partial charge in [-0.3, -0.25) is 9.59 Å². The van der Waals surface area contributed by atoms with Crippen molar-refractivity contribution in [1.82, 2.24) is 4.90 Å². The molecule has 0 N–H and O–H groups in total. The molecule has 2 aromatic rings. The van der Waals surface area contributed by atoms with Crippen molar-refractivity contribution < 1.29 is 14.3 Å². The molecule has 4 rings (SSSR count). The summed E-state index contributed by atoms with van der Waals surface area (Å²) in [6.45, 7) is 1.51. The lowest BCUT2D eigenvalue weighted by Crippen LogP contribution is -2.37. The van der Waals surface area contributed by atoms with Crippen molar-refractivity contribution in [2.24, 2.45) is 0 Å². The molecule has 1 fully saturated rings. The number of carbonyl (C=O) groups excluding carboxylic acids is 2. The number of imide groups is 1. The second kappa shape index (κ2) is 8.09. The number of methoxy groups -OCH3 is 1. The molecule has 29 heavy (non-hydrogen) atoms. The number of halogens is 2. The number of amides is 2. The number of piperidine rings is 1. The molecule has 0 aromatic heterocycles. The largest absolute Gasteiger partial charge is 0.495 e. The molecule has 0 unspecified atom stereocenters. The van der Waals surface area contributed by atoms with E-state index in [1.165, 1.54) is 12.0 Å². The van der Waals surface area contributed by atoms with E-state index in [9.17, 15) is 9.59 Å².